The van der Waals surface area contributed by atoms with E-state index in [9.17, 15) is 14.4 Å². The number of pyridine rings is 1. The van der Waals surface area contributed by atoms with E-state index in [0.29, 0.717) is 24.0 Å². The SMILES string of the molecule is CC(=O)c1nn(CC(=O)N2CC(C)C[C@H]2C(N)=O)c2ncccc12. The van der Waals surface area contributed by atoms with Crippen LogP contribution < -0.4 is 5.73 Å². The highest BCUT2D eigenvalue weighted by Crippen LogP contribution is 2.24. The minimum atomic E-state index is -0.588. The van der Waals surface area contributed by atoms with Gasteiger partial charge in [-0.05, 0) is 24.5 Å². The van der Waals surface area contributed by atoms with Crippen LogP contribution in [0.5, 0.6) is 0 Å². The molecule has 2 aromatic rings. The molecular formula is C16H19N5O3. The van der Waals surface area contributed by atoms with E-state index in [2.05, 4.69) is 10.1 Å². The molecule has 1 fully saturated rings. The normalized spacial score (nSPS) is 20.5. The van der Waals surface area contributed by atoms with Crippen molar-refractivity contribution in [3.8, 4) is 0 Å². The predicted octanol–water partition coefficient (Wildman–Crippen LogP) is 0.356. The Balaban J connectivity index is 1.91. The maximum absolute atomic E-state index is 12.6. The highest BCUT2D eigenvalue weighted by molar-refractivity contribution is 6.04. The molecule has 1 unspecified atom stereocenters. The van der Waals surface area contributed by atoms with Gasteiger partial charge < -0.3 is 10.6 Å². The van der Waals surface area contributed by atoms with Gasteiger partial charge >= 0.3 is 0 Å². The van der Waals surface area contributed by atoms with Crippen LogP contribution in [0.15, 0.2) is 18.3 Å². The summed E-state index contributed by atoms with van der Waals surface area (Å²) < 4.78 is 1.41. The molecule has 0 spiro atoms. The molecule has 24 heavy (non-hydrogen) atoms. The molecule has 2 atom stereocenters. The average Bonchev–Trinajstić information content (AvgIpc) is 3.09. The molecule has 3 heterocycles. The van der Waals surface area contributed by atoms with Gasteiger partial charge in [0.05, 0.1) is 5.39 Å². The lowest BCUT2D eigenvalue weighted by Crippen LogP contribution is -2.45. The molecule has 2 N–H and O–H groups in total. The van der Waals surface area contributed by atoms with Crippen molar-refractivity contribution in [1.29, 1.82) is 0 Å². The van der Waals surface area contributed by atoms with Crippen LogP contribution in [0, 0.1) is 5.92 Å². The fraction of sp³-hybridized carbons (Fsp3) is 0.438. The second-order valence-electron chi connectivity index (χ2n) is 6.24. The van der Waals surface area contributed by atoms with Crippen LogP contribution >= 0.6 is 0 Å². The Morgan fingerprint density at radius 2 is 2.12 bits per heavy atom. The van der Waals surface area contributed by atoms with Crippen molar-refractivity contribution < 1.29 is 14.4 Å². The number of carbonyl (C=O) groups excluding carboxylic acids is 3. The van der Waals surface area contributed by atoms with Gasteiger partial charge in [0.15, 0.2) is 11.4 Å². The highest BCUT2D eigenvalue weighted by Gasteiger charge is 2.36. The van der Waals surface area contributed by atoms with Crippen molar-refractivity contribution in [3.05, 3.63) is 24.0 Å². The van der Waals surface area contributed by atoms with E-state index in [1.165, 1.54) is 16.5 Å². The second-order valence-corrected chi connectivity index (χ2v) is 6.24. The minimum Gasteiger partial charge on any atom is -0.368 e. The summed E-state index contributed by atoms with van der Waals surface area (Å²) in [4.78, 5) is 41.7. The second kappa shape index (κ2) is 6.03. The molecule has 0 aliphatic carbocycles. The number of likely N-dealkylation sites (tertiary alicyclic amines) is 1. The van der Waals surface area contributed by atoms with Crippen molar-refractivity contribution in [2.45, 2.75) is 32.9 Å². The van der Waals surface area contributed by atoms with Crippen molar-refractivity contribution in [2.24, 2.45) is 11.7 Å². The molecule has 1 saturated heterocycles. The zero-order valence-corrected chi connectivity index (χ0v) is 13.6. The van der Waals surface area contributed by atoms with Crippen LogP contribution in [0.2, 0.25) is 0 Å². The predicted molar refractivity (Wildman–Crippen MR) is 86.0 cm³/mol. The Bertz CT molecular complexity index is 828. The summed E-state index contributed by atoms with van der Waals surface area (Å²) in [6, 6.07) is 2.87. The average molecular weight is 329 g/mol. The third-order valence-electron chi connectivity index (χ3n) is 4.28. The van der Waals surface area contributed by atoms with Crippen LogP contribution in [0.25, 0.3) is 11.0 Å². The van der Waals surface area contributed by atoms with Crippen molar-refractivity contribution in [1.82, 2.24) is 19.7 Å². The lowest BCUT2D eigenvalue weighted by atomic mass is 10.1. The summed E-state index contributed by atoms with van der Waals surface area (Å²) in [5.74, 6) is -0.732. The van der Waals surface area contributed by atoms with E-state index < -0.39 is 11.9 Å². The molecule has 0 radical (unpaired) electrons. The first-order valence-electron chi connectivity index (χ1n) is 7.79. The number of primary amides is 1. The Morgan fingerprint density at radius 3 is 2.79 bits per heavy atom. The number of nitrogens with zero attached hydrogens (tertiary/aromatic N) is 4. The van der Waals surface area contributed by atoms with Gasteiger partial charge in [-0.2, -0.15) is 5.10 Å². The smallest absolute Gasteiger partial charge is 0.245 e. The minimum absolute atomic E-state index is 0.0860. The standard InChI is InChI=1S/C16H19N5O3/c1-9-6-12(15(17)24)20(7-9)13(23)8-21-16-11(4-3-5-18-16)14(19-21)10(2)22/h3-5,9,12H,6-8H2,1-2H3,(H2,17,24)/t9?,12-/m0/s1. The number of hydrogen-bond donors (Lipinski definition) is 1. The zero-order chi connectivity index (χ0) is 17.4. The number of rotatable bonds is 4. The fourth-order valence-corrected chi connectivity index (χ4v) is 3.19. The fourth-order valence-electron chi connectivity index (χ4n) is 3.19. The summed E-state index contributed by atoms with van der Waals surface area (Å²) in [5.41, 5.74) is 6.16. The quantitative estimate of drug-likeness (QED) is 0.814. The first-order chi connectivity index (χ1) is 11.4. The Morgan fingerprint density at radius 1 is 1.38 bits per heavy atom. The van der Waals surface area contributed by atoms with Gasteiger partial charge in [0.25, 0.3) is 0 Å². The summed E-state index contributed by atoms with van der Waals surface area (Å²) in [7, 11) is 0. The molecule has 1 aliphatic heterocycles. The Labute approximate surface area is 138 Å². The van der Waals surface area contributed by atoms with Gasteiger partial charge in [-0.15, -0.1) is 0 Å². The molecular weight excluding hydrogens is 310 g/mol. The molecule has 8 heteroatoms. The van der Waals surface area contributed by atoms with Crippen LogP contribution in [0.1, 0.15) is 30.8 Å². The van der Waals surface area contributed by atoms with E-state index in [4.69, 9.17) is 5.73 Å². The molecule has 0 bridgehead atoms. The first kappa shape index (κ1) is 16.1. The number of hydrogen-bond acceptors (Lipinski definition) is 5. The number of Topliss-reactive ketones (excluding diaryl/α,β-unsaturated/α-hetero) is 1. The summed E-state index contributed by atoms with van der Waals surface area (Å²) in [6.45, 7) is 3.80. The van der Waals surface area contributed by atoms with E-state index in [-0.39, 0.29) is 29.8 Å². The monoisotopic (exact) mass is 329 g/mol. The summed E-state index contributed by atoms with van der Waals surface area (Å²) in [6.07, 6.45) is 2.15. The molecule has 2 amide bonds. The first-order valence-corrected chi connectivity index (χ1v) is 7.79. The number of amides is 2. The Kier molecular flexibility index (Phi) is 4.04. The maximum Gasteiger partial charge on any atom is 0.245 e. The van der Waals surface area contributed by atoms with Crippen molar-refractivity contribution >= 4 is 28.6 Å². The van der Waals surface area contributed by atoms with Crippen LogP contribution in [-0.4, -0.2) is 49.8 Å². The number of fused-ring (bicyclic) bond motifs is 1. The van der Waals surface area contributed by atoms with E-state index in [1.807, 2.05) is 6.92 Å². The number of carbonyl (C=O) groups is 3. The van der Waals surface area contributed by atoms with Crippen LogP contribution in [-0.2, 0) is 16.1 Å². The van der Waals surface area contributed by atoms with Gasteiger partial charge in [0.1, 0.15) is 18.3 Å². The lowest BCUT2D eigenvalue weighted by Gasteiger charge is -2.22. The molecule has 3 rings (SSSR count). The molecule has 0 saturated carbocycles. The Hall–Kier alpha value is -2.77. The molecule has 8 nitrogen and oxygen atoms in total. The number of ketones is 1. The summed E-state index contributed by atoms with van der Waals surface area (Å²) in [5, 5.41) is 4.84. The van der Waals surface area contributed by atoms with Crippen LogP contribution in [0.4, 0.5) is 0 Å². The number of nitrogens with two attached hydrogens (primary N) is 1. The largest absolute Gasteiger partial charge is 0.368 e. The maximum atomic E-state index is 12.6. The molecule has 0 aromatic carbocycles. The van der Waals surface area contributed by atoms with Gasteiger partial charge in [-0.25, -0.2) is 9.67 Å². The zero-order valence-electron chi connectivity index (χ0n) is 13.6. The van der Waals surface area contributed by atoms with Crippen molar-refractivity contribution in [2.75, 3.05) is 6.54 Å². The van der Waals surface area contributed by atoms with Gasteiger partial charge in [-0.1, -0.05) is 6.92 Å². The van der Waals surface area contributed by atoms with Crippen LogP contribution in [0.3, 0.4) is 0 Å². The van der Waals surface area contributed by atoms with Gasteiger partial charge in [-0.3, -0.25) is 14.4 Å². The molecule has 1 aliphatic rings. The summed E-state index contributed by atoms with van der Waals surface area (Å²) >= 11 is 0. The van der Waals surface area contributed by atoms with Gasteiger partial charge in [0, 0.05) is 19.7 Å². The lowest BCUT2D eigenvalue weighted by molar-refractivity contribution is -0.137. The molecule has 126 valence electrons. The topological polar surface area (TPSA) is 111 Å². The van der Waals surface area contributed by atoms with Crippen molar-refractivity contribution in [3.63, 3.8) is 0 Å². The van der Waals surface area contributed by atoms with E-state index in [0.717, 1.165) is 0 Å². The molecule has 2 aromatic heterocycles. The number of aromatic nitrogens is 3. The van der Waals surface area contributed by atoms with Gasteiger partial charge in [0.2, 0.25) is 11.8 Å². The van der Waals surface area contributed by atoms with E-state index in [1.54, 1.807) is 18.3 Å². The third kappa shape index (κ3) is 2.75. The van der Waals surface area contributed by atoms with E-state index >= 15 is 0 Å². The highest BCUT2D eigenvalue weighted by atomic mass is 16.2. The third-order valence-corrected chi connectivity index (χ3v) is 4.28.